The van der Waals surface area contributed by atoms with Crippen molar-refractivity contribution in [1.29, 1.82) is 0 Å². The first-order valence-electron chi connectivity index (χ1n) is 3.84. The van der Waals surface area contributed by atoms with Gasteiger partial charge in [-0.05, 0) is 6.07 Å². The third-order valence-electron chi connectivity index (χ3n) is 1.97. The van der Waals surface area contributed by atoms with Crippen LogP contribution in [0.4, 0.5) is 13.2 Å². The molecule has 0 saturated heterocycles. The summed E-state index contributed by atoms with van der Waals surface area (Å²) >= 11 is 0. The van der Waals surface area contributed by atoms with E-state index in [4.69, 9.17) is 0 Å². The molecule has 4 heteroatoms. The zero-order valence-corrected chi connectivity index (χ0v) is 6.85. The van der Waals surface area contributed by atoms with Gasteiger partial charge in [0.2, 0.25) is 5.75 Å². The van der Waals surface area contributed by atoms with Crippen molar-refractivity contribution in [1.82, 2.24) is 0 Å². The molecule has 0 unspecified atom stereocenters. The van der Waals surface area contributed by atoms with Crippen LogP contribution in [0.25, 0.3) is 10.8 Å². The van der Waals surface area contributed by atoms with E-state index in [1.165, 1.54) is 12.1 Å². The second-order valence-corrected chi connectivity index (χ2v) is 2.83. The Morgan fingerprint density at radius 2 is 1.64 bits per heavy atom. The van der Waals surface area contributed by atoms with E-state index in [9.17, 15) is 18.3 Å². The highest BCUT2D eigenvalue weighted by Crippen LogP contribution is 2.32. The van der Waals surface area contributed by atoms with Crippen molar-refractivity contribution >= 4 is 10.8 Å². The van der Waals surface area contributed by atoms with Crippen molar-refractivity contribution in [2.75, 3.05) is 0 Å². The van der Waals surface area contributed by atoms with Gasteiger partial charge < -0.3 is 0 Å². The molecule has 2 aromatic carbocycles. The normalized spacial score (nSPS) is 10.8. The molecule has 2 rings (SSSR count). The quantitative estimate of drug-likeness (QED) is 0.616. The predicted octanol–water partition coefficient (Wildman–Crippen LogP) is 3.40. The van der Waals surface area contributed by atoms with Crippen LogP contribution in [0.3, 0.4) is 0 Å². The Balaban J connectivity index is 3.03. The summed E-state index contributed by atoms with van der Waals surface area (Å²) in [5.41, 5.74) is 0. The Kier molecular flexibility index (Phi) is 1.84. The summed E-state index contributed by atoms with van der Waals surface area (Å²) < 4.78 is 38.9. The minimum atomic E-state index is -1.28. The van der Waals surface area contributed by atoms with E-state index >= 15 is 0 Å². The van der Waals surface area contributed by atoms with E-state index in [-0.39, 0.29) is 5.39 Å². The van der Waals surface area contributed by atoms with Gasteiger partial charge in [0.1, 0.15) is 11.6 Å². The van der Waals surface area contributed by atoms with Gasteiger partial charge in [-0.15, -0.1) is 0 Å². The Morgan fingerprint density at radius 1 is 0.929 bits per heavy atom. The van der Waals surface area contributed by atoms with Crippen molar-refractivity contribution < 1.29 is 18.3 Å². The van der Waals surface area contributed by atoms with Gasteiger partial charge in [-0.2, -0.15) is 0 Å². The van der Waals surface area contributed by atoms with Crippen LogP contribution in [-0.2, 0) is 5.11 Å². The van der Waals surface area contributed by atoms with Gasteiger partial charge in [0.25, 0.3) is 0 Å². The second kappa shape index (κ2) is 2.90. The van der Waals surface area contributed by atoms with E-state index in [2.05, 4.69) is 0 Å². The van der Waals surface area contributed by atoms with Crippen LogP contribution >= 0.6 is 0 Å². The van der Waals surface area contributed by atoms with E-state index < -0.39 is 28.6 Å². The van der Waals surface area contributed by atoms with E-state index in [1.54, 1.807) is 0 Å². The van der Waals surface area contributed by atoms with Crippen LogP contribution in [0.5, 0.6) is 5.75 Å². The fourth-order valence-corrected chi connectivity index (χ4v) is 1.33. The van der Waals surface area contributed by atoms with Crippen LogP contribution in [0.2, 0.25) is 0 Å². The summed E-state index contributed by atoms with van der Waals surface area (Å²) in [6.45, 7) is 0. The molecule has 2 aromatic rings. The zero-order chi connectivity index (χ0) is 10.3. The molecule has 14 heavy (non-hydrogen) atoms. The van der Waals surface area contributed by atoms with Gasteiger partial charge in [0, 0.05) is 11.5 Å². The Hall–Kier alpha value is -1.71. The van der Waals surface area contributed by atoms with Crippen LogP contribution in [0.15, 0.2) is 24.3 Å². The van der Waals surface area contributed by atoms with Crippen LogP contribution in [0.1, 0.15) is 0 Å². The molecule has 0 bridgehead atoms. The van der Waals surface area contributed by atoms with Crippen LogP contribution in [-0.4, -0.2) is 0 Å². The molecule has 0 N–H and O–H groups in total. The van der Waals surface area contributed by atoms with Gasteiger partial charge in [0.05, 0.1) is 5.39 Å². The van der Waals surface area contributed by atoms with Crippen LogP contribution < -0.4 is 0 Å². The maximum absolute atomic E-state index is 13.1. The zero-order valence-electron chi connectivity index (χ0n) is 6.85. The van der Waals surface area contributed by atoms with Gasteiger partial charge in [-0.1, -0.05) is 12.1 Å². The molecule has 0 aliphatic heterocycles. The molecule has 0 heterocycles. The standard InChI is InChI=1S/C10H4F3O/c11-6-3-1-2-5-7(12)4-8(13)10(14)9(5)6/h1-4H. The molecule has 0 atom stereocenters. The third-order valence-corrected chi connectivity index (χ3v) is 1.97. The summed E-state index contributed by atoms with van der Waals surface area (Å²) in [6, 6.07) is 3.94. The minimum absolute atomic E-state index is 0.198. The number of rotatable bonds is 0. The fraction of sp³-hybridized carbons (Fsp3) is 0. The summed E-state index contributed by atoms with van der Waals surface area (Å²) in [7, 11) is 0. The van der Waals surface area contributed by atoms with E-state index in [0.717, 1.165) is 6.07 Å². The number of hydrogen-bond donors (Lipinski definition) is 0. The van der Waals surface area contributed by atoms with Gasteiger partial charge >= 0.3 is 0 Å². The molecule has 1 nitrogen and oxygen atoms in total. The maximum Gasteiger partial charge on any atom is 0.225 e. The molecule has 0 aromatic heterocycles. The minimum Gasteiger partial charge on any atom is -0.286 e. The average molecular weight is 197 g/mol. The van der Waals surface area contributed by atoms with Crippen molar-refractivity contribution in [3.63, 3.8) is 0 Å². The first-order valence-corrected chi connectivity index (χ1v) is 3.84. The second-order valence-electron chi connectivity index (χ2n) is 2.83. The van der Waals surface area contributed by atoms with Gasteiger partial charge in [-0.3, -0.25) is 5.11 Å². The lowest BCUT2D eigenvalue weighted by Crippen LogP contribution is -1.87. The highest BCUT2D eigenvalue weighted by atomic mass is 19.1. The van der Waals surface area contributed by atoms with Gasteiger partial charge in [0.15, 0.2) is 5.82 Å². The molecular formula is C10H4F3O. The van der Waals surface area contributed by atoms with E-state index in [1.807, 2.05) is 0 Å². The molecule has 71 valence electrons. The molecule has 0 spiro atoms. The topological polar surface area (TPSA) is 19.9 Å². The lowest BCUT2D eigenvalue weighted by molar-refractivity contribution is 0.333. The summed E-state index contributed by atoms with van der Waals surface area (Å²) in [6.07, 6.45) is 0. The highest BCUT2D eigenvalue weighted by molar-refractivity contribution is 5.89. The molecule has 0 aliphatic carbocycles. The third kappa shape index (κ3) is 1.11. The maximum atomic E-state index is 13.1. The predicted molar refractivity (Wildman–Crippen MR) is 44.0 cm³/mol. The number of fused-ring (bicyclic) bond motifs is 1. The molecule has 1 radical (unpaired) electrons. The molecule has 0 amide bonds. The Morgan fingerprint density at radius 3 is 2.36 bits per heavy atom. The van der Waals surface area contributed by atoms with Crippen LogP contribution in [0, 0.1) is 17.5 Å². The SMILES string of the molecule is [O]c1c(F)cc(F)c2cccc(F)c12. The number of hydrogen-bond acceptors (Lipinski definition) is 0. The Bertz CT molecular complexity index is 508. The summed E-state index contributed by atoms with van der Waals surface area (Å²) in [5, 5.41) is 10.4. The monoisotopic (exact) mass is 197 g/mol. The Labute approximate surface area is 77.4 Å². The van der Waals surface area contributed by atoms with Crippen molar-refractivity contribution in [3.8, 4) is 5.75 Å². The van der Waals surface area contributed by atoms with Crippen molar-refractivity contribution in [2.24, 2.45) is 0 Å². The van der Waals surface area contributed by atoms with Gasteiger partial charge in [-0.25, -0.2) is 13.2 Å². The average Bonchev–Trinajstić information content (AvgIpc) is 2.14. The highest BCUT2D eigenvalue weighted by Gasteiger charge is 2.15. The fourth-order valence-electron chi connectivity index (χ4n) is 1.33. The lowest BCUT2D eigenvalue weighted by Gasteiger charge is -2.02. The summed E-state index contributed by atoms with van der Waals surface area (Å²) in [4.78, 5) is 0. The van der Waals surface area contributed by atoms with Crippen molar-refractivity contribution in [2.45, 2.75) is 0 Å². The molecular weight excluding hydrogens is 193 g/mol. The number of benzene rings is 2. The van der Waals surface area contributed by atoms with E-state index in [0.29, 0.717) is 6.07 Å². The molecule has 0 saturated carbocycles. The van der Waals surface area contributed by atoms with Crippen molar-refractivity contribution in [3.05, 3.63) is 41.7 Å². The summed E-state index contributed by atoms with van der Waals surface area (Å²) in [5.74, 6) is -4.23. The number of halogens is 3. The molecule has 0 aliphatic rings. The first kappa shape index (κ1) is 8.87. The lowest BCUT2D eigenvalue weighted by atomic mass is 10.1. The molecule has 0 fully saturated rings. The smallest absolute Gasteiger partial charge is 0.225 e. The largest absolute Gasteiger partial charge is 0.286 e. The first-order chi connectivity index (χ1) is 6.61.